The minimum absolute atomic E-state index is 0.0460. The topological polar surface area (TPSA) is 83.5 Å². The standard InChI is InChI=1S/C20H27NO4S/c1-13(16-3-5-17(6-4-16)26(2,24)25)21-18(22)19-8-14-7-15(9-19)11-20(23,10-14)12-19/h3-6,13-15,23H,7-12H2,1-2H3,(H,21,22). The lowest BCUT2D eigenvalue weighted by Gasteiger charge is -2.59. The van der Waals surface area contributed by atoms with Crippen molar-refractivity contribution in [2.75, 3.05) is 6.26 Å². The minimum Gasteiger partial charge on any atom is -0.390 e. The number of amides is 1. The predicted molar refractivity (Wildman–Crippen MR) is 98.2 cm³/mol. The number of hydrogen-bond acceptors (Lipinski definition) is 4. The molecule has 0 aromatic heterocycles. The number of rotatable bonds is 4. The fourth-order valence-corrected chi connectivity index (χ4v) is 6.55. The molecular formula is C20H27NO4S. The molecule has 3 unspecified atom stereocenters. The number of benzene rings is 1. The van der Waals surface area contributed by atoms with E-state index in [0.29, 0.717) is 18.3 Å². The summed E-state index contributed by atoms with van der Waals surface area (Å²) >= 11 is 0. The van der Waals surface area contributed by atoms with Crippen molar-refractivity contribution in [3.63, 3.8) is 0 Å². The summed E-state index contributed by atoms with van der Waals surface area (Å²) in [7, 11) is -3.22. The second-order valence-electron chi connectivity index (χ2n) is 9.00. The van der Waals surface area contributed by atoms with E-state index in [4.69, 9.17) is 0 Å². The Morgan fingerprint density at radius 3 is 2.23 bits per heavy atom. The Morgan fingerprint density at radius 2 is 1.73 bits per heavy atom. The van der Waals surface area contributed by atoms with Crippen molar-refractivity contribution in [3.05, 3.63) is 29.8 Å². The second-order valence-corrected chi connectivity index (χ2v) is 11.0. The van der Waals surface area contributed by atoms with Crippen LogP contribution >= 0.6 is 0 Å². The molecule has 4 saturated carbocycles. The van der Waals surface area contributed by atoms with Gasteiger partial charge in [0.05, 0.1) is 22.0 Å². The van der Waals surface area contributed by atoms with Gasteiger partial charge in [-0.05, 0) is 75.0 Å². The lowest BCUT2D eigenvalue weighted by atomic mass is 9.47. The molecule has 4 aliphatic rings. The lowest BCUT2D eigenvalue weighted by Crippen LogP contribution is -2.60. The van der Waals surface area contributed by atoms with Gasteiger partial charge in [0.25, 0.3) is 0 Å². The normalized spacial score (nSPS) is 36.7. The molecule has 1 aromatic carbocycles. The van der Waals surface area contributed by atoms with Crippen molar-refractivity contribution in [2.45, 2.75) is 62.0 Å². The summed E-state index contributed by atoms with van der Waals surface area (Å²) in [5.41, 5.74) is -0.198. The van der Waals surface area contributed by atoms with Crippen LogP contribution in [0.2, 0.25) is 0 Å². The van der Waals surface area contributed by atoms with Crippen LogP contribution in [-0.4, -0.2) is 31.3 Å². The predicted octanol–water partition coefficient (Wildman–Crippen LogP) is 2.60. The summed E-state index contributed by atoms with van der Waals surface area (Å²) in [4.78, 5) is 13.4. The monoisotopic (exact) mass is 377 g/mol. The molecule has 4 bridgehead atoms. The molecule has 0 saturated heterocycles. The fraction of sp³-hybridized carbons (Fsp3) is 0.650. The third-order valence-electron chi connectivity index (χ3n) is 6.67. The van der Waals surface area contributed by atoms with Gasteiger partial charge in [0.1, 0.15) is 0 Å². The van der Waals surface area contributed by atoms with Gasteiger partial charge in [-0.25, -0.2) is 8.42 Å². The zero-order chi connectivity index (χ0) is 18.7. The van der Waals surface area contributed by atoms with Gasteiger partial charge in [-0.2, -0.15) is 0 Å². The summed E-state index contributed by atoms with van der Waals surface area (Å²) in [6, 6.07) is 6.49. The van der Waals surface area contributed by atoms with Crippen LogP contribution in [0.15, 0.2) is 29.2 Å². The van der Waals surface area contributed by atoms with Gasteiger partial charge in [0.15, 0.2) is 9.84 Å². The second kappa shape index (κ2) is 5.80. The van der Waals surface area contributed by atoms with Crippen LogP contribution in [0.1, 0.15) is 57.1 Å². The molecule has 0 spiro atoms. The summed E-state index contributed by atoms with van der Waals surface area (Å²) in [5, 5.41) is 14.0. The third kappa shape index (κ3) is 3.07. The molecule has 142 valence electrons. The van der Waals surface area contributed by atoms with Crippen LogP contribution < -0.4 is 5.32 Å². The van der Waals surface area contributed by atoms with Gasteiger partial charge >= 0.3 is 0 Å². The first-order valence-electron chi connectivity index (χ1n) is 9.42. The van der Waals surface area contributed by atoms with Crippen LogP contribution in [-0.2, 0) is 14.6 Å². The molecule has 4 fully saturated rings. The van der Waals surface area contributed by atoms with Gasteiger partial charge in [-0.15, -0.1) is 0 Å². The SMILES string of the molecule is CC(NC(=O)C12CC3CC(CC(O)(C3)C1)C2)c1ccc(S(C)(=O)=O)cc1. The Bertz CT molecular complexity index is 816. The molecule has 2 N–H and O–H groups in total. The molecule has 5 nitrogen and oxygen atoms in total. The summed E-state index contributed by atoms with van der Waals surface area (Å²) in [5.74, 6) is 0.984. The van der Waals surface area contributed by atoms with Crippen LogP contribution in [0, 0.1) is 17.3 Å². The van der Waals surface area contributed by atoms with E-state index in [1.165, 1.54) is 6.26 Å². The number of carbonyl (C=O) groups excluding carboxylic acids is 1. The molecule has 0 heterocycles. The van der Waals surface area contributed by atoms with E-state index in [1.807, 2.05) is 6.92 Å². The van der Waals surface area contributed by atoms with E-state index in [0.717, 1.165) is 37.7 Å². The largest absolute Gasteiger partial charge is 0.390 e. The maximum atomic E-state index is 13.1. The van der Waals surface area contributed by atoms with Crippen molar-refractivity contribution < 1.29 is 18.3 Å². The zero-order valence-corrected chi connectivity index (χ0v) is 16.2. The third-order valence-corrected chi connectivity index (χ3v) is 7.80. The van der Waals surface area contributed by atoms with Crippen molar-refractivity contribution in [1.29, 1.82) is 0 Å². The van der Waals surface area contributed by atoms with Gasteiger partial charge in [-0.1, -0.05) is 12.1 Å². The molecule has 3 atom stereocenters. The quantitative estimate of drug-likeness (QED) is 0.845. The molecule has 6 heteroatoms. The van der Waals surface area contributed by atoms with Crippen molar-refractivity contribution >= 4 is 15.7 Å². The maximum absolute atomic E-state index is 13.1. The molecule has 1 aromatic rings. The van der Waals surface area contributed by atoms with Crippen molar-refractivity contribution in [1.82, 2.24) is 5.32 Å². The number of hydrogen-bond donors (Lipinski definition) is 2. The molecule has 4 aliphatic carbocycles. The lowest BCUT2D eigenvalue weighted by molar-refractivity contribution is -0.178. The highest BCUT2D eigenvalue weighted by molar-refractivity contribution is 7.90. The van der Waals surface area contributed by atoms with E-state index in [1.54, 1.807) is 24.3 Å². The molecule has 1 amide bonds. The Morgan fingerprint density at radius 1 is 1.15 bits per heavy atom. The first-order valence-corrected chi connectivity index (χ1v) is 11.3. The Hall–Kier alpha value is -1.40. The number of nitrogens with one attached hydrogen (secondary N) is 1. The first kappa shape index (κ1) is 18.0. The Kier molecular flexibility index (Phi) is 4.01. The maximum Gasteiger partial charge on any atom is 0.226 e. The highest BCUT2D eigenvalue weighted by atomic mass is 32.2. The van der Waals surface area contributed by atoms with Crippen LogP contribution in [0.25, 0.3) is 0 Å². The van der Waals surface area contributed by atoms with E-state index < -0.39 is 20.9 Å². The van der Waals surface area contributed by atoms with E-state index in [2.05, 4.69) is 5.32 Å². The van der Waals surface area contributed by atoms with Crippen LogP contribution in [0.4, 0.5) is 0 Å². The first-order chi connectivity index (χ1) is 12.1. The summed E-state index contributed by atoms with van der Waals surface area (Å²) in [6.07, 6.45) is 6.39. The molecule has 0 aliphatic heterocycles. The average Bonchev–Trinajstić information content (AvgIpc) is 2.51. The van der Waals surface area contributed by atoms with E-state index >= 15 is 0 Å². The minimum atomic E-state index is -3.22. The van der Waals surface area contributed by atoms with Gasteiger partial charge < -0.3 is 10.4 Å². The van der Waals surface area contributed by atoms with Crippen LogP contribution in [0.3, 0.4) is 0 Å². The summed E-state index contributed by atoms with van der Waals surface area (Å²) in [6.45, 7) is 1.92. The molecule has 5 rings (SSSR count). The van der Waals surface area contributed by atoms with E-state index in [9.17, 15) is 18.3 Å². The van der Waals surface area contributed by atoms with Gasteiger partial charge in [0.2, 0.25) is 5.91 Å². The molecular weight excluding hydrogens is 350 g/mol. The smallest absolute Gasteiger partial charge is 0.226 e. The summed E-state index contributed by atoms with van der Waals surface area (Å²) < 4.78 is 23.2. The van der Waals surface area contributed by atoms with Gasteiger partial charge in [-0.3, -0.25) is 4.79 Å². The highest BCUT2D eigenvalue weighted by Crippen LogP contribution is 2.61. The Labute approximate surface area is 155 Å². The number of aliphatic hydroxyl groups is 1. The highest BCUT2D eigenvalue weighted by Gasteiger charge is 2.60. The average molecular weight is 378 g/mol. The van der Waals surface area contributed by atoms with Crippen LogP contribution in [0.5, 0.6) is 0 Å². The van der Waals surface area contributed by atoms with Gasteiger partial charge in [0, 0.05) is 6.26 Å². The van der Waals surface area contributed by atoms with Crippen molar-refractivity contribution in [3.8, 4) is 0 Å². The zero-order valence-electron chi connectivity index (χ0n) is 15.4. The number of carbonyl (C=O) groups is 1. The molecule has 0 radical (unpaired) electrons. The van der Waals surface area contributed by atoms with Crippen molar-refractivity contribution in [2.24, 2.45) is 17.3 Å². The Balaban J connectivity index is 1.50. The van der Waals surface area contributed by atoms with E-state index in [-0.39, 0.29) is 16.8 Å². The fourth-order valence-electron chi connectivity index (χ4n) is 5.92. The molecule has 26 heavy (non-hydrogen) atoms. The number of sulfone groups is 1.